The normalized spacial score (nSPS) is 12.5. The summed E-state index contributed by atoms with van der Waals surface area (Å²) in [5.41, 5.74) is 7.70. The SMILES string of the molecule is CN=C(C=C(N)c1ccc(OCc2c(C)cccc2N(N)C(=O)N(C)N)c(C)c1)C(F)(F)F. The number of allylic oxidation sites excluding steroid dienone is 1. The first-order valence-electron chi connectivity index (χ1n) is 9.77. The zero-order valence-corrected chi connectivity index (χ0v) is 18.8. The van der Waals surface area contributed by atoms with Crippen molar-refractivity contribution in [1.29, 1.82) is 0 Å². The molecular formula is C22H27F3N6O2. The number of urea groups is 1. The van der Waals surface area contributed by atoms with Crippen LogP contribution >= 0.6 is 0 Å². The molecule has 11 heteroatoms. The molecule has 0 aromatic heterocycles. The maximum Gasteiger partial charge on any atom is 0.432 e. The van der Waals surface area contributed by atoms with Gasteiger partial charge < -0.3 is 10.5 Å². The molecule has 33 heavy (non-hydrogen) atoms. The second-order valence-electron chi connectivity index (χ2n) is 7.31. The molecule has 0 unspecified atom stereocenters. The van der Waals surface area contributed by atoms with Crippen molar-refractivity contribution in [1.82, 2.24) is 5.01 Å². The van der Waals surface area contributed by atoms with Gasteiger partial charge in [0.05, 0.1) is 5.69 Å². The van der Waals surface area contributed by atoms with E-state index < -0.39 is 17.9 Å². The summed E-state index contributed by atoms with van der Waals surface area (Å²) in [5.74, 6) is 11.9. The summed E-state index contributed by atoms with van der Waals surface area (Å²) in [6.45, 7) is 3.68. The summed E-state index contributed by atoms with van der Waals surface area (Å²) in [7, 11) is 2.43. The number of amides is 2. The van der Waals surface area contributed by atoms with E-state index in [1.807, 2.05) is 13.0 Å². The van der Waals surface area contributed by atoms with Gasteiger partial charge >= 0.3 is 12.2 Å². The number of carbonyl (C=O) groups is 1. The van der Waals surface area contributed by atoms with Crippen LogP contribution in [0.3, 0.4) is 0 Å². The number of benzene rings is 2. The van der Waals surface area contributed by atoms with Gasteiger partial charge in [0.15, 0.2) is 0 Å². The predicted octanol–water partition coefficient (Wildman–Crippen LogP) is 3.42. The molecule has 8 nitrogen and oxygen atoms in total. The Labute approximate surface area is 190 Å². The van der Waals surface area contributed by atoms with Crippen LogP contribution in [-0.2, 0) is 6.61 Å². The fourth-order valence-corrected chi connectivity index (χ4v) is 3.02. The lowest BCUT2D eigenvalue weighted by Crippen LogP contribution is -2.49. The third kappa shape index (κ3) is 6.24. The standard InChI is InChI=1S/C22H27F3N6O2/c1-13-6-5-7-18(31(28)21(32)30(4)27)16(13)12-33-19-9-8-15(10-14(19)2)17(26)11-20(29-3)22(23,24)25/h5-11H,12,26-28H2,1-4H3. The van der Waals surface area contributed by atoms with Crippen LogP contribution in [0.1, 0.15) is 22.3 Å². The molecule has 0 aliphatic heterocycles. The maximum absolute atomic E-state index is 12.9. The van der Waals surface area contributed by atoms with Crippen LogP contribution in [0, 0.1) is 13.8 Å². The summed E-state index contributed by atoms with van der Waals surface area (Å²) in [6, 6.07) is 9.44. The molecular weight excluding hydrogens is 437 g/mol. The van der Waals surface area contributed by atoms with E-state index in [-0.39, 0.29) is 12.3 Å². The van der Waals surface area contributed by atoms with Crippen molar-refractivity contribution < 1.29 is 22.7 Å². The van der Waals surface area contributed by atoms with Crippen LogP contribution in [0.4, 0.5) is 23.7 Å². The van der Waals surface area contributed by atoms with Gasteiger partial charge in [-0.15, -0.1) is 0 Å². The smallest absolute Gasteiger partial charge is 0.432 e. The van der Waals surface area contributed by atoms with E-state index in [1.54, 1.807) is 37.3 Å². The Morgan fingerprint density at radius 2 is 1.82 bits per heavy atom. The third-order valence-corrected chi connectivity index (χ3v) is 4.86. The summed E-state index contributed by atoms with van der Waals surface area (Å²) in [6.07, 6.45) is -3.81. The highest BCUT2D eigenvalue weighted by Gasteiger charge is 2.33. The van der Waals surface area contributed by atoms with Crippen molar-refractivity contribution >= 4 is 23.1 Å². The fraction of sp³-hybridized carbons (Fsp3) is 0.273. The summed E-state index contributed by atoms with van der Waals surface area (Å²) < 4.78 is 44.7. The topological polar surface area (TPSA) is 123 Å². The van der Waals surface area contributed by atoms with E-state index in [1.165, 1.54) is 7.05 Å². The molecule has 0 saturated carbocycles. The van der Waals surface area contributed by atoms with Gasteiger partial charge in [-0.05, 0) is 60.9 Å². The molecule has 0 bridgehead atoms. The van der Waals surface area contributed by atoms with E-state index in [9.17, 15) is 18.0 Å². The van der Waals surface area contributed by atoms with Crippen molar-refractivity contribution in [2.45, 2.75) is 26.6 Å². The Morgan fingerprint density at radius 1 is 1.15 bits per heavy atom. The number of carbonyl (C=O) groups excluding carboxylic acids is 1. The van der Waals surface area contributed by atoms with Gasteiger partial charge in [-0.25, -0.2) is 21.5 Å². The fourth-order valence-electron chi connectivity index (χ4n) is 3.02. The Hall–Kier alpha value is -3.57. The van der Waals surface area contributed by atoms with Crippen molar-refractivity contribution in [3.63, 3.8) is 0 Å². The highest BCUT2D eigenvalue weighted by molar-refractivity contribution is 6.04. The zero-order valence-electron chi connectivity index (χ0n) is 18.8. The Balaban J connectivity index is 2.27. The van der Waals surface area contributed by atoms with Gasteiger partial charge in [-0.2, -0.15) is 13.2 Å². The molecule has 0 atom stereocenters. The number of ether oxygens (including phenoxy) is 1. The van der Waals surface area contributed by atoms with Crippen LogP contribution in [0.2, 0.25) is 0 Å². The summed E-state index contributed by atoms with van der Waals surface area (Å²) >= 11 is 0. The summed E-state index contributed by atoms with van der Waals surface area (Å²) in [5, 5.41) is 1.79. The number of nitrogens with zero attached hydrogens (tertiary/aromatic N) is 3. The number of anilines is 1. The number of rotatable bonds is 6. The molecule has 0 radical (unpaired) electrons. The third-order valence-electron chi connectivity index (χ3n) is 4.86. The number of hydrogen-bond donors (Lipinski definition) is 3. The lowest BCUT2D eigenvalue weighted by molar-refractivity contribution is -0.0577. The average molecular weight is 464 g/mol. The largest absolute Gasteiger partial charge is 0.489 e. The maximum atomic E-state index is 12.9. The van der Waals surface area contributed by atoms with E-state index in [0.717, 1.165) is 28.7 Å². The minimum Gasteiger partial charge on any atom is -0.489 e. The highest BCUT2D eigenvalue weighted by Crippen LogP contribution is 2.28. The quantitative estimate of drug-likeness (QED) is 0.262. The molecule has 178 valence electrons. The molecule has 0 saturated heterocycles. The number of nitrogens with two attached hydrogens (primary N) is 3. The molecule has 0 aliphatic rings. The minimum atomic E-state index is -4.60. The van der Waals surface area contributed by atoms with Crippen molar-refractivity contribution in [2.75, 3.05) is 19.1 Å². The molecule has 0 spiro atoms. The van der Waals surface area contributed by atoms with E-state index in [2.05, 4.69) is 4.99 Å². The van der Waals surface area contributed by atoms with Crippen molar-refractivity contribution in [2.24, 2.45) is 22.4 Å². The molecule has 0 aliphatic carbocycles. The van der Waals surface area contributed by atoms with Crippen LogP contribution < -0.4 is 27.2 Å². The molecule has 0 heterocycles. The van der Waals surface area contributed by atoms with Crippen LogP contribution in [0.15, 0.2) is 47.5 Å². The first-order chi connectivity index (χ1) is 15.4. The first kappa shape index (κ1) is 25.7. The second-order valence-corrected chi connectivity index (χ2v) is 7.31. The molecule has 6 N–H and O–H groups in total. The van der Waals surface area contributed by atoms with Gasteiger partial charge in [0, 0.05) is 25.4 Å². The van der Waals surface area contributed by atoms with Gasteiger partial charge in [0.2, 0.25) is 0 Å². The van der Waals surface area contributed by atoms with Gasteiger partial charge in [0.25, 0.3) is 0 Å². The second kappa shape index (κ2) is 10.4. The molecule has 0 fully saturated rings. The van der Waals surface area contributed by atoms with Crippen molar-refractivity contribution in [3.05, 3.63) is 64.7 Å². The number of halogens is 3. The van der Waals surface area contributed by atoms with Crippen LogP contribution in [0.25, 0.3) is 5.70 Å². The predicted molar refractivity (Wildman–Crippen MR) is 122 cm³/mol. The van der Waals surface area contributed by atoms with Gasteiger partial charge in [0.1, 0.15) is 18.1 Å². The highest BCUT2D eigenvalue weighted by atomic mass is 19.4. The number of hydrogen-bond acceptors (Lipinski definition) is 6. The molecule has 2 rings (SSSR count). The van der Waals surface area contributed by atoms with E-state index in [0.29, 0.717) is 28.1 Å². The lowest BCUT2D eigenvalue weighted by atomic mass is 10.1. The minimum absolute atomic E-state index is 0.0769. The summed E-state index contributed by atoms with van der Waals surface area (Å²) in [4.78, 5) is 15.4. The molecule has 2 aromatic rings. The number of alkyl halides is 3. The lowest BCUT2D eigenvalue weighted by Gasteiger charge is -2.24. The Kier molecular flexibility index (Phi) is 8.07. The van der Waals surface area contributed by atoms with Gasteiger partial charge in [-0.1, -0.05) is 12.1 Å². The van der Waals surface area contributed by atoms with Crippen LogP contribution in [-0.4, -0.2) is 37.0 Å². The number of hydrazine groups is 2. The first-order valence-corrected chi connectivity index (χ1v) is 9.77. The number of aliphatic imine (C=N–C) groups is 1. The van der Waals surface area contributed by atoms with Gasteiger partial charge in [-0.3, -0.25) is 10.0 Å². The van der Waals surface area contributed by atoms with Crippen molar-refractivity contribution in [3.8, 4) is 5.75 Å². The Morgan fingerprint density at radius 3 is 2.36 bits per heavy atom. The molecule has 2 amide bonds. The number of aryl methyl sites for hydroxylation is 2. The zero-order chi connectivity index (χ0) is 24.9. The molecule has 2 aromatic carbocycles. The van der Waals surface area contributed by atoms with E-state index in [4.69, 9.17) is 22.2 Å². The van der Waals surface area contributed by atoms with Crippen LogP contribution in [0.5, 0.6) is 5.75 Å². The van der Waals surface area contributed by atoms with E-state index >= 15 is 0 Å². The monoisotopic (exact) mass is 464 g/mol. The Bertz CT molecular complexity index is 1080. The average Bonchev–Trinajstić information content (AvgIpc) is 2.74.